The highest BCUT2D eigenvalue weighted by atomic mass is 32.1. The summed E-state index contributed by atoms with van der Waals surface area (Å²) in [6.07, 6.45) is 0. The van der Waals surface area contributed by atoms with Gasteiger partial charge in [-0.25, -0.2) is 14.2 Å². The van der Waals surface area contributed by atoms with Crippen molar-refractivity contribution in [2.75, 3.05) is 19.0 Å². The summed E-state index contributed by atoms with van der Waals surface area (Å²) in [7, 11) is 1.62. The number of nitrogens with one attached hydrogen (secondary N) is 1. The number of hydrogen-bond donors (Lipinski definition) is 1. The van der Waals surface area contributed by atoms with E-state index in [2.05, 4.69) is 5.32 Å². The summed E-state index contributed by atoms with van der Waals surface area (Å²) in [5.41, 5.74) is 3.18. The maximum Gasteiger partial charge on any atom is 0.350 e. The number of methoxy groups -OCH3 is 1. The van der Waals surface area contributed by atoms with E-state index in [4.69, 9.17) is 14.5 Å². The molecule has 4 aromatic rings. The molecule has 0 aliphatic rings. The van der Waals surface area contributed by atoms with E-state index in [1.54, 1.807) is 20.1 Å². The van der Waals surface area contributed by atoms with E-state index < -0.39 is 0 Å². The van der Waals surface area contributed by atoms with Crippen molar-refractivity contribution in [3.63, 3.8) is 0 Å². The maximum atomic E-state index is 13.6. The SMILES string of the molecule is CCOC(=O)c1sc2nc(-c3ccc(OC)cc3)c(NCc3cccc(F)c3)n2c1C. The number of esters is 1. The van der Waals surface area contributed by atoms with E-state index in [0.29, 0.717) is 23.0 Å². The molecule has 0 aliphatic carbocycles. The van der Waals surface area contributed by atoms with Crippen molar-refractivity contribution in [1.82, 2.24) is 9.38 Å². The number of imidazole rings is 1. The number of nitrogens with zero attached hydrogens (tertiary/aromatic N) is 2. The molecule has 0 atom stereocenters. The molecule has 2 heterocycles. The van der Waals surface area contributed by atoms with E-state index in [1.807, 2.05) is 41.7 Å². The number of hydrogen-bond acceptors (Lipinski definition) is 6. The van der Waals surface area contributed by atoms with Crippen LogP contribution in [0.5, 0.6) is 5.75 Å². The molecule has 1 N–H and O–H groups in total. The highest BCUT2D eigenvalue weighted by Crippen LogP contribution is 2.35. The summed E-state index contributed by atoms with van der Waals surface area (Å²) in [5, 5.41) is 3.39. The third-order valence-corrected chi connectivity index (χ3v) is 6.00. The zero-order valence-corrected chi connectivity index (χ0v) is 18.3. The normalized spacial score (nSPS) is 11.0. The Morgan fingerprint density at radius 2 is 2.00 bits per heavy atom. The molecule has 0 fully saturated rings. The summed E-state index contributed by atoms with van der Waals surface area (Å²) in [5.74, 6) is 0.829. The third kappa shape index (κ3) is 4.11. The average Bonchev–Trinajstić information content (AvgIpc) is 3.29. The second-order valence-electron chi connectivity index (χ2n) is 6.88. The lowest BCUT2D eigenvalue weighted by atomic mass is 10.1. The van der Waals surface area contributed by atoms with Crippen LogP contribution in [0.4, 0.5) is 10.2 Å². The van der Waals surface area contributed by atoms with Gasteiger partial charge < -0.3 is 14.8 Å². The van der Waals surface area contributed by atoms with E-state index in [-0.39, 0.29) is 11.8 Å². The fourth-order valence-electron chi connectivity index (χ4n) is 3.38. The maximum absolute atomic E-state index is 13.6. The van der Waals surface area contributed by atoms with Crippen LogP contribution >= 0.6 is 11.3 Å². The van der Waals surface area contributed by atoms with Gasteiger partial charge in [-0.05, 0) is 55.8 Å². The fourth-order valence-corrected chi connectivity index (χ4v) is 4.40. The number of aryl methyl sites for hydroxylation is 1. The number of ether oxygens (including phenoxy) is 2. The van der Waals surface area contributed by atoms with E-state index >= 15 is 0 Å². The molecule has 31 heavy (non-hydrogen) atoms. The quantitative estimate of drug-likeness (QED) is 0.396. The molecule has 6 nitrogen and oxygen atoms in total. The van der Waals surface area contributed by atoms with Crippen molar-refractivity contribution < 1.29 is 18.7 Å². The lowest BCUT2D eigenvalue weighted by Crippen LogP contribution is -2.07. The van der Waals surface area contributed by atoms with Gasteiger partial charge in [0, 0.05) is 17.8 Å². The number of benzene rings is 2. The Morgan fingerprint density at radius 3 is 2.68 bits per heavy atom. The van der Waals surface area contributed by atoms with Crippen molar-refractivity contribution in [2.45, 2.75) is 20.4 Å². The zero-order valence-electron chi connectivity index (χ0n) is 17.4. The number of fused-ring (bicyclic) bond motifs is 1. The van der Waals surface area contributed by atoms with Crippen LogP contribution in [0.1, 0.15) is 27.9 Å². The first-order valence-corrected chi connectivity index (χ1v) is 10.6. The van der Waals surface area contributed by atoms with Crippen LogP contribution in [0.15, 0.2) is 48.5 Å². The van der Waals surface area contributed by atoms with Crippen molar-refractivity contribution in [3.05, 3.63) is 70.5 Å². The van der Waals surface area contributed by atoms with Crippen molar-refractivity contribution in [2.24, 2.45) is 0 Å². The molecule has 0 saturated heterocycles. The van der Waals surface area contributed by atoms with E-state index in [1.165, 1.54) is 23.5 Å². The largest absolute Gasteiger partial charge is 0.497 e. The van der Waals surface area contributed by atoms with Crippen LogP contribution in [0.3, 0.4) is 0 Å². The number of halogens is 1. The number of rotatable bonds is 7. The summed E-state index contributed by atoms with van der Waals surface area (Å²) in [6.45, 7) is 4.35. The lowest BCUT2D eigenvalue weighted by molar-refractivity contribution is 0.0531. The van der Waals surface area contributed by atoms with E-state index in [0.717, 1.165) is 34.1 Å². The van der Waals surface area contributed by atoms with Gasteiger partial charge in [0.05, 0.1) is 13.7 Å². The number of carbonyl (C=O) groups is 1. The highest BCUT2D eigenvalue weighted by molar-refractivity contribution is 7.19. The van der Waals surface area contributed by atoms with Crippen molar-refractivity contribution >= 4 is 28.1 Å². The second kappa shape index (κ2) is 8.77. The van der Waals surface area contributed by atoms with Crippen LogP contribution in [0.2, 0.25) is 0 Å². The summed E-state index contributed by atoms with van der Waals surface area (Å²) >= 11 is 1.29. The number of thiazole rings is 1. The smallest absolute Gasteiger partial charge is 0.350 e. The molecule has 8 heteroatoms. The van der Waals surface area contributed by atoms with Crippen LogP contribution in [-0.4, -0.2) is 29.1 Å². The summed E-state index contributed by atoms with van der Waals surface area (Å²) < 4.78 is 26.0. The fraction of sp³-hybridized carbons (Fsp3) is 0.217. The Bertz CT molecular complexity index is 1230. The Balaban J connectivity index is 1.79. The van der Waals surface area contributed by atoms with Gasteiger partial charge in [-0.15, -0.1) is 0 Å². The third-order valence-electron chi connectivity index (χ3n) is 4.88. The van der Waals surface area contributed by atoms with Crippen molar-refractivity contribution in [1.29, 1.82) is 0 Å². The standard InChI is InChI=1S/C23H22FN3O3S/c1-4-30-22(28)20-14(2)27-21(25-13-15-6-5-7-17(24)12-15)19(26-23(27)31-20)16-8-10-18(29-3)11-9-16/h5-12,25H,4,13H2,1-3H3. The van der Waals surface area contributed by atoms with Gasteiger partial charge >= 0.3 is 5.97 Å². The molecule has 4 rings (SSSR count). The van der Waals surface area contributed by atoms with Gasteiger partial charge in [-0.3, -0.25) is 4.40 Å². The molecule has 160 valence electrons. The number of anilines is 1. The Labute approximate surface area is 183 Å². The first-order chi connectivity index (χ1) is 15.0. The minimum absolute atomic E-state index is 0.288. The molecule has 0 radical (unpaired) electrons. The van der Waals surface area contributed by atoms with Crippen molar-refractivity contribution in [3.8, 4) is 17.0 Å². The molecule has 0 bridgehead atoms. The Hall–Kier alpha value is -3.39. The molecule has 0 amide bonds. The van der Waals surface area contributed by atoms with Gasteiger partial charge in [0.25, 0.3) is 0 Å². The first kappa shape index (κ1) is 20.9. The van der Waals surface area contributed by atoms with Gasteiger partial charge in [0.1, 0.15) is 28.0 Å². The second-order valence-corrected chi connectivity index (χ2v) is 7.85. The molecule has 2 aromatic carbocycles. The Kier molecular flexibility index (Phi) is 5.90. The lowest BCUT2D eigenvalue weighted by Gasteiger charge is -2.10. The highest BCUT2D eigenvalue weighted by Gasteiger charge is 2.23. The molecule has 0 aliphatic heterocycles. The number of aromatic nitrogens is 2. The predicted octanol–water partition coefficient (Wildman–Crippen LogP) is 5.31. The molecular formula is C23H22FN3O3S. The molecule has 0 unspecified atom stereocenters. The topological polar surface area (TPSA) is 64.9 Å². The van der Waals surface area contributed by atoms with Crippen LogP contribution < -0.4 is 10.1 Å². The van der Waals surface area contributed by atoms with Gasteiger partial charge in [-0.2, -0.15) is 0 Å². The summed E-state index contributed by atoms with van der Waals surface area (Å²) in [6, 6.07) is 14.0. The monoisotopic (exact) mass is 439 g/mol. The van der Waals surface area contributed by atoms with Crippen LogP contribution in [0.25, 0.3) is 16.2 Å². The summed E-state index contributed by atoms with van der Waals surface area (Å²) in [4.78, 5) is 18.3. The molecular weight excluding hydrogens is 417 g/mol. The van der Waals surface area contributed by atoms with Gasteiger partial charge in [-0.1, -0.05) is 23.5 Å². The number of carbonyl (C=O) groups excluding carboxylic acids is 1. The van der Waals surface area contributed by atoms with E-state index in [9.17, 15) is 9.18 Å². The van der Waals surface area contributed by atoms with Gasteiger partial charge in [0.2, 0.25) is 0 Å². The minimum Gasteiger partial charge on any atom is -0.497 e. The Morgan fingerprint density at radius 1 is 1.23 bits per heavy atom. The minimum atomic E-state index is -0.363. The molecule has 2 aromatic heterocycles. The predicted molar refractivity (Wildman–Crippen MR) is 119 cm³/mol. The van der Waals surface area contributed by atoms with Gasteiger partial charge in [0.15, 0.2) is 4.96 Å². The van der Waals surface area contributed by atoms with Crippen LogP contribution in [0, 0.1) is 12.7 Å². The zero-order chi connectivity index (χ0) is 22.0. The first-order valence-electron chi connectivity index (χ1n) is 9.83. The average molecular weight is 440 g/mol. The molecule has 0 spiro atoms. The molecule has 0 saturated carbocycles. The van der Waals surface area contributed by atoms with Crippen LogP contribution in [-0.2, 0) is 11.3 Å².